The van der Waals surface area contributed by atoms with Gasteiger partial charge < -0.3 is 10.3 Å². The van der Waals surface area contributed by atoms with Crippen molar-refractivity contribution in [3.8, 4) is 11.4 Å². The standard InChI is InChI=1S/C19H15F2N5O/c1-10-6-13(26-25-10)9-18(27)22-12-3-5-16-17(8-12)24-19(23-16)14-7-11(20)2-4-15(14)21/h2-8H,9H2,1H3,(H,22,27)(H,23,24)(H,25,26). The van der Waals surface area contributed by atoms with Gasteiger partial charge in [0.25, 0.3) is 0 Å². The number of hydrogen-bond acceptors (Lipinski definition) is 3. The summed E-state index contributed by atoms with van der Waals surface area (Å²) < 4.78 is 27.4. The van der Waals surface area contributed by atoms with Gasteiger partial charge in [0.1, 0.15) is 17.5 Å². The highest BCUT2D eigenvalue weighted by Gasteiger charge is 2.12. The molecule has 0 saturated carbocycles. The molecule has 2 aromatic carbocycles. The highest BCUT2D eigenvalue weighted by Crippen LogP contribution is 2.25. The molecule has 3 N–H and O–H groups in total. The fraction of sp³-hybridized carbons (Fsp3) is 0.105. The molecule has 0 aliphatic carbocycles. The number of carbonyl (C=O) groups excluding carboxylic acids is 1. The smallest absolute Gasteiger partial charge is 0.230 e. The molecular formula is C19H15F2N5O. The molecule has 2 aromatic heterocycles. The van der Waals surface area contributed by atoms with Gasteiger partial charge in [-0.25, -0.2) is 13.8 Å². The lowest BCUT2D eigenvalue weighted by Gasteiger charge is -2.03. The van der Waals surface area contributed by atoms with Crippen molar-refractivity contribution in [1.29, 1.82) is 0 Å². The van der Waals surface area contributed by atoms with Crippen molar-refractivity contribution in [1.82, 2.24) is 20.2 Å². The van der Waals surface area contributed by atoms with Crippen LogP contribution in [-0.4, -0.2) is 26.1 Å². The van der Waals surface area contributed by atoms with Crippen LogP contribution in [0, 0.1) is 18.6 Å². The zero-order valence-electron chi connectivity index (χ0n) is 14.3. The number of aryl methyl sites for hydroxylation is 1. The van der Waals surface area contributed by atoms with Crippen molar-refractivity contribution in [2.45, 2.75) is 13.3 Å². The van der Waals surface area contributed by atoms with Crippen molar-refractivity contribution in [2.24, 2.45) is 0 Å². The lowest BCUT2D eigenvalue weighted by Crippen LogP contribution is -2.14. The predicted molar refractivity (Wildman–Crippen MR) is 97.1 cm³/mol. The molecule has 1 amide bonds. The van der Waals surface area contributed by atoms with E-state index >= 15 is 0 Å². The Balaban J connectivity index is 1.57. The third kappa shape index (κ3) is 3.55. The van der Waals surface area contributed by atoms with Gasteiger partial charge in [-0.05, 0) is 49.4 Å². The number of hydrogen-bond donors (Lipinski definition) is 3. The van der Waals surface area contributed by atoms with Gasteiger partial charge in [0.2, 0.25) is 5.91 Å². The van der Waals surface area contributed by atoms with Gasteiger partial charge in [0.05, 0.1) is 28.7 Å². The molecule has 2 heterocycles. The highest BCUT2D eigenvalue weighted by atomic mass is 19.1. The number of halogens is 2. The number of amides is 1. The molecule has 6 nitrogen and oxygen atoms in total. The number of nitrogens with zero attached hydrogens (tertiary/aromatic N) is 2. The van der Waals surface area contributed by atoms with Crippen LogP contribution in [0.4, 0.5) is 14.5 Å². The van der Waals surface area contributed by atoms with Crippen molar-refractivity contribution in [3.63, 3.8) is 0 Å². The number of nitrogens with one attached hydrogen (secondary N) is 3. The largest absolute Gasteiger partial charge is 0.338 e. The van der Waals surface area contributed by atoms with Crippen LogP contribution in [0.15, 0.2) is 42.5 Å². The topological polar surface area (TPSA) is 86.5 Å². The first-order chi connectivity index (χ1) is 13.0. The number of imidazole rings is 1. The second-order valence-corrected chi connectivity index (χ2v) is 6.21. The van der Waals surface area contributed by atoms with E-state index in [2.05, 4.69) is 25.5 Å². The number of aromatic amines is 2. The Morgan fingerprint density at radius 2 is 2.00 bits per heavy atom. The zero-order valence-corrected chi connectivity index (χ0v) is 14.3. The van der Waals surface area contributed by atoms with Gasteiger partial charge in [-0.15, -0.1) is 0 Å². The van der Waals surface area contributed by atoms with E-state index in [0.717, 1.165) is 23.9 Å². The molecule has 0 spiro atoms. The molecular weight excluding hydrogens is 352 g/mol. The summed E-state index contributed by atoms with van der Waals surface area (Å²) in [7, 11) is 0. The predicted octanol–water partition coefficient (Wildman–Crippen LogP) is 3.72. The number of H-pyrrole nitrogens is 2. The van der Waals surface area contributed by atoms with Crippen LogP contribution in [0.2, 0.25) is 0 Å². The molecule has 0 aliphatic rings. The summed E-state index contributed by atoms with van der Waals surface area (Å²) in [6.45, 7) is 1.86. The number of benzene rings is 2. The molecule has 0 atom stereocenters. The van der Waals surface area contributed by atoms with Crippen LogP contribution in [0.3, 0.4) is 0 Å². The van der Waals surface area contributed by atoms with E-state index in [4.69, 9.17) is 0 Å². The van der Waals surface area contributed by atoms with E-state index in [-0.39, 0.29) is 23.7 Å². The lowest BCUT2D eigenvalue weighted by molar-refractivity contribution is -0.115. The first-order valence-electron chi connectivity index (χ1n) is 8.24. The van der Waals surface area contributed by atoms with Crippen molar-refractivity contribution in [3.05, 3.63) is 65.5 Å². The summed E-state index contributed by atoms with van der Waals surface area (Å²) in [6, 6.07) is 10.1. The summed E-state index contributed by atoms with van der Waals surface area (Å²) in [5.41, 5.74) is 3.32. The Kier molecular flexibility index (Phi) is 4.15. The molecule has 0 bridgehead atoms. The maximum atomic E-state index is 14.0. The fourth-order valence-corrected chi connectivity index (χ4v) is 2.83. The Labute approximate surface area is 152 Å². The Morgan fingerprint density at radius 3 is 2.78 bits per heavy atom. The summed E-state index contributed by atoms with van der Waals surface area (Å²) in [5, 5.41) is 9.61. The summed E-state index contributed by atoms with van der Waals surface area (Å²) in [4.78, 5) is 19.4. The SMILES string of the molecule is Cc1cc(CC(=O)Nc2ccc3nc(-c4cc(F)ccc4F)[nH]c3c2)n[nH]1. The van der Waals surface area contributed by atoms with E-state index in [1.807, 2.05) is 6.92 Å². The summed E-state index contributed by atoms with van der Waals surface area (Å²) >= 11 is 0. The van der Waals surface area contributed by atoms with Crippen LogP contribution >= 0.6 is 0 Å². The van der Waals surface area contributed by atoms with Crippen LogP contribution in [0.5, 0.6) is 0 Å². The Bertz CT molecular complexity index is 1150. The average molecular weight is 367 g/mol. The van der Waals surface area contributed by atoms with Gasteiger partial charge in [0, 0.05) is 11.4 Å². The molecule has 8 heteroatoms. The Hall–Kier alpha value is -3.55. The quantitative estimate of drug-likeness (QED) is 0.514. The number of fused-ring (bicyclic) bond motifs is 1. The van der Waals surface area contributed by atoms with Gasteiger partial charge in [-0.3, -0.25) is 9.89 Å². The Morgan fingerprint density at radius 1 is 1.15 bits per heavy atom. The monoisotopic (exact) mass is 367 g/mol. The van der Waals surface area contributed by atoms with Gasteiger partial charge >= 0.3 is 0 Å². The third-order valence-electron chi connectivity index (χ3n) is 4.05. The second-order valence-electron chi connectivity index (χ2n) is 6.21. The van der Waals surface area contributed by atoms with E-state index in [1.165, 1.54) is 0 Å². The molecule has 27 heavy (non-hydrogen) atoms. The number of rotatable bonds is 4. The van der Waals surface area contributed by atoms with Crippen molar-refractivity contribution < 1.29 is 13.6 Å². The van der Waals surface area contributed by atoms with Crippen molar-refractivity contribution >= 4 is 22.6 Å². The normalized spacial score (nSPS) is 11.1. The highest BCUT2D eigenvalue weighted by molar-refractivity contribution is 5.94. The van der Waals surface area contributed by atoms with E-state index < -0.39 is 11.6 Å². The van der Waals surface area contributed by atoms with Crippen LogP contribution in [0.25, 0.3) is 22.4 Å². The minimum absolute atomic E-state index is 0.0469. The van der Waals surface area contributed by atoms with Crippen molar-refractivity contribution in [2.75, 3.05) is 5.32 Å². The van der Waals surface area contributed by atoms with Crippen LogP contribution < -0.4 is 5.32 Å². The number of anilines is 1. The second kappa shape index (κ2) is 6.64. The van der Waals surface area contributed by atoms with Gasteiger partial charge in [0.15, 0.2) is 0 Å². The average Bonchev–Trinajstić information content (AvgIpc) is 3.22. The minimum Gasteiger partial charge on any atom is -0.338 e. The molecule has 136 valence electrons. The lowest BCUT2D eigenvalue weighted by atomic mass is 10.2. The fourth-order valence-electron chi connectivity index (χ4n) is 2.83. The van der Waals surface area contributed by atoms with Crippen LogP contribution in [0.1, 0.15) is 11.4 Å². The summed E-state index contributed by atoms with van der Waals surface area (Å²) in [6.07, 6.45) is 0.144. The number of aromatic nitrogens is 4. The van der Waals surface area contributed by atoms with Crippen LogP contribution in [-0.2, 0) is 11.2 Å². The molecule has 0 fully saturated rings. The molecule has 0 aliphatic heterocycles. The molecule has 0 saturated heterocycles. The van der Waals surface area contributed by atoms with Gasteiger partial charge in [-0.2, -0.15) is 5.10 Å². The molecule has 0 unspecified atom stereocenters. The summed E-state index contributed by atoms with van der Waals surface area (Å²) in [5.74, 6) is -1.11. The third-order valence-corrected chi connectivity index (χ3v) is 4.05. The zero-order chi connectivity index (χ0) is 19.0. The van der Waals surface area contributed by atoms with Gasteiger partial charge in [-0.1, -0.05) is 0 Å². The first-order valence-corrected chi connectivity index (χ1v) is 8.24. The number of carbonyl (C=O) groups is 1. The molecule has 4 aromatic rings. The molecule has 4 rings (SSSR count). The first kappa shape index (κ1) is 16.9. The maximum absolute atomic E-state index is 14.0. The minimum atomic E-state index is -0.571. The van der Waals surface area contributed by atoms with E-state index in [0.29, 0.717) is 22.4 Å². The van der Waals surface area contributed by atoms with E-state index in [9.17, 15) is 13.6 Å². The van der Waals surface area contributed by atoms with E-state index in [1.54, 1.807) is 24.3 Å². The maximum Gasteiger partial charge on any atom is 0.230 e. The molecule has 0 radical (unpaired) electrons.